The molecular weight excluding hydrogens is 1150 g/mol. The van der Waals surface area contributed by atoms with Gasteiger partial charge >= 0.3 is 19.8 Å². The molecule has 0 spiro atoms. The Morgan fingerprint density at radius 2 is 0.538 bits per heavy atom. The van der Waals surface area contributed by atoms with Crippen molar-refractivity contribution in [3.05, 3.63) is 12.2 Å². The lowest BCUT2D eigenvalue weighted by atomic mass is 10.0. The predicted molar refractivity (Wildman–Crippen MR) is 395 cm³/mol. The van der Waals surface area contributed by atoms with Crippen LogP contribution in [-0.2, 0) is 32.7 Å². The Labute approximate surface area is 568 Å². The number of hydrogen-bond donors (Lipinski definition) is 2. The van der Waals surface area contributed by atoms with E-state index in [1.807, 2.05) is 0 Å². The first-order chi connectivity index (χ1) is 44.8. The number of nitrogens with two attached hydrogens (primary N) is 1. The maximum absolute atomic E-state index is 12.8. The summed E-state index contributed by atoms with van der Waals surface area (Å²) in [6.07, 6.45) is 96.6. The van der Waals surface area contributed by atoms with Gasteiger partial charge in [0.25, 0.3) is 0 Å². The number of ether oxygens (including phenoxy) is 2. The summed E-state index contributed by atoms with van der Waals surface area (Å²) in [6.45, 7) is 3.85. The van der Waals surface area contributed by atoms with Gasteiger partial charge in [0.1, 0.15) is 6.61 Å². The van der Waals surface area contributed by atoms with Gasteiger partial charge in [0, 0.05) is 19.4 Å². The predicted octanol–water partition coefficient (Wildman–Crippen LogP) is 27.4. The second-order valence-corrected chi connectivity index (χ2v) is 29.8. The van der Waals surface area contributed by atoms with E-state index in [0.717, 1.165) is 32.1 Å². The van der Waals surface area contributed by atoms with Crippen LogP contribution in [0.25, 0.3) is 0 Å². The second kappa shape index (κ2) is 77.8. The van der Waals surface area contributed by atoms with Gasteiger partial charge in [-0.2, -0.15) is 0 Å². The first-order valence-corrected chi connectivity index (χ1v) is 42.7. The van der Waals surface area contributed by atoms with Crippen LogP contribution in [0.3, 0.4) is 0 Å². The van der Waals surface area contributed by atoms with Crippen LogP contribution in [0.1, 0.15) is 463 Å². The molecule has 0 rings (SSSR count). The lowest BCUT2D eigenvalue weighted by Crippen LogP contribution is -2.29. The van der Waals surface area contributed by atoms with Gasteiger partial charge in [-0.15, -0.1) is 0 Å². The van der Waals surface area contributed by atoms with E-state index in [-0.39, 0.29) is 38.6 Å². The van der Waals surface area contributed by atoms with Crippen LogP contribution in [-0.4, -0.2) is 49.3 Å². The van der Waals surface area contributed by atoms with Gasteiger partial charge in [-0.1, -0.05) is 424 Å². The molecular formula is C81H160NO8P. The summed E-state index contributed by atoms with van der Waals surface area (Å²) in [4.78, 5) is 35.5. The maximum atomic E-state index is 12.8. The minimum Gasteiger partial charge on any atom is -0.462 e. The molecule has 0 heterocycles. The van der Waals surface area contributed by atoms with Crippen molar-refractivity contribution in [2.75, 3.05) is 26.4 Å². The third kappa shape index (κ3) is 77.6. The molecule has 2 atom stereocenters. The topological polar surface area (TPSA) is 134 Å². The molecule has 91 heavy (non-hydrogen) atoms. The fourth-order valence-electron chi connectivity index (χ4n) is 13.1. The van der Waals surface area contributed by atoms with Gasteiger partial charge in [0.15, 0.2) is 6.10 Å². The minimum absolute atomic E-state index is 0.0583. The van der Waals surface area contributed by atoms with Gasteiger partial charge in [0.2, 0.25) is 0 Å². The van der Waals surface area contributed by atoms with Crippen molar-refractivity contribution in [2.24, 2.45) is 5.73 Å². The maximum Gasteiger partial charge on any atom is 0.472 e. The van der Waals surface area contributed by atoms with Crippen LogP contribution < -0.4 is 5.73 Å². The number of esters is 2. The first kappa shape index (κ1) is 89.8. The van der Waals surface area contributed by atoms with Gasteiger partial charge in [-0.3, -0.25) is 18.6 Å². The minimum atomic E-state index is -4.39. The van der Waals surface area contributed by atoms with Crippen molar-refractivity contribution in [1.82, 2.24) is 0 Å². The molecule has 0 bridgehead atoms. The van der Waals surface area contributed by atoms with E-state index in [1.54, 1.807) is 0 Å². The number of unbranched alkanes of at least 4 members (excludes halogenated alkanes) is 65. The number of carbonyl (C=O) groups excluding carboxylic acids is 2. The van der Waals surface area contributed by atoms with E-state index in [0.29, 0.717) is 6.42 Å². The molecule has 0 aromatic heterocycles. The summed E-state index contributed by atoms with van der Waals surface area (Å²) >= 11 is 0. The Morgan fingerprint density at radius 1 is 0.319 bits per heavy atom. The quantitative estimate of drug-likeness (QED) is 0.0264. The van der Waals surface area contributed by atoms with Crippen molar-refractivity contribution in [3.63, 3.8) is 0 Å². The van der Waals surface area contributed by atoms with E-state index in [1.165, 1.54) is 398 Å². The highest BCUT2D eigenvalue weighted by Crippen LogP contribution is 2.43. The van der Waals surface area contributed by atoms with Crippen LogP contribution in [0.15, 0.2) is 12.2 Å². The van der Waals surface area contributed by atoms with Crippen molar-refractivity contribution in [1.29, 1.82) is 0 Å². The molecule has 0 aromatic rings. The summed E-state index contributed by atoms with van der Waals surface area (Å²) in [7, 11) is -4.39. The molecule has 0 saturated heterocycles. The number of phosphoric ester groups is 1. The zero-order chi connectivity index (χ0) is 65.8. The molecule has 9 nitrogen and oxygen atoms in total. The van der Waals surface area contributed by atoms with E-state index in [2.05, 4.69) is 26.0 Å². The number of phosphoric acid groups is 1. The van der Waals surface area contributed by atoms with Crippen molar-refractivity contribution < 1.29 is 37.6 Å². The molecule has 0 aromatic carbocycles. The van der Waals surface area contributed by atoms with Gasteiger partial charge < -0.3 is 20.1 Å². The molecule has 10 heteroatoms. The zero-order valence-electron chi connectivity index (χ0n) is 61.4. The Morgan fingerprint density at radius 3 is 0.780 bits per heavy atom. The molecule has 3 N–H and O–H groups in total. The highest BCUT2D eigenvalue weighted by atomic mass is 31.2. The molecule has 542 valence electrons. The summed E-state index contributed by atoms with van der Waals surface area (Å²) in [5.74, 6) is -0.795. The van der Waals surface area contributed by atoms with E-state index >= 15 is 0 Å². The van der Waals surface area contributed by atoms with Gasteiger partial charge in [-0.05, 0) is 38.5 Å². The summed E-state index contributed by atoms with van der Waals surface area (Å²) in [6, 6.07) is 0. The zero-order valence-corrected chi connectivity index (χ0v) is 62.3. The lowest BCUT2D eigenvalue weighted by Gasteiger charge is -2.19. The van der Waals surface area contributed by atoms with Gasteiger partial charge in [-0.25, -0.2) is 4.57 Å². The molecule has 0 aliphatic rings. The molecule has 2 unspecified atom stereocenters. The van der Waals surface area contributed by atoms with Crippen LogP contribution in [0.4, 0.5) is 0 Å². The van der Waals surface area contributed by atoms with Gasteiger partial charge in [0.05, 0.1) is 13.2 Å². The number of allylic oxidation sites excluding steroid dienone is 2. The SMILES string of the molecule is CCCCCCCCCC/C=C\CCCCCCCCCCCCCCCCCCCCCCCCCCCC(=O)OC(COC(=O)CCCCCCCCCCCCCCCCCCCCCCCCCCCCCCCCCCC)COP(=O)(O)OCCN. The molecule has 0 saturated carbocycles. The highest BCUT2D eigenvalue weighted by molar-refractivity contribution is 7.47. The highest BCUT2D eigenvalue weighted by Gasteiger charge is 2.26. The Kier molecular flexibility index (Phi) is 76.7. The molecule has 0 aliphatic carbocycles. The molecule has 0 amide bonds. The standard InChI is InChI=1S/C81H160NO8P/c1-3-5-7-9-11-13-15-17-19-21-23-25-27-29-31-33-35-37-38-39-40-42-44-46-48-50-52-54-56-58-60-62-64-66-68-70-72-74-81(84)90-79(78-89-91(85,86)88-76-75-82)77-87-80(83)73-71-69-67-65-63-61-59-57-55-53-51-49-47-45-43-41-36-34-32-30-28-26-24-22-20-18-16-14-12-10-8-6-4-2/h21,23,79H,3-20,22,24-78,82H2,1-2H3,(H,85,86)/b23-21-. The molecule has 0 aliphatic heterocycles. The van der Waals surface area contributed by atoms with E-state index in [4.69, 9.17) is 24.3 Å². The van der Waals surface area contributed by atoms with Crippen LogP contribution >= 0.6 is 7.82 Å². The molecule has 0 fully saturated rings. The van der Waals surface area contributed by atoms with Crippen molar-refractivity contribution >= 4 is 19.8 Å². The number of carbonyl (C=O) groups is 2. The van der Waals surface area contributed by atoms with Crippen molar-refractivity contribution in [3.8, 4) is 0 Å². The second-order valence-electron chi connectivity index (χ2n) is 28.4. The van der Waals surface area contributed by atoms with E-state index in [9.17, 15) is 19.0 Å². The Bertz CT molecular complexity index is 1500. The Balaban J connectivity index is 3.72. The average Bonchev–Trinajstić information content (AvgIpc) is 3.74. The third-order valence-corrected chi connectivity index (χ3v) is 20.1. The van der Waals surface area contributed by atoms with Crippen LogP contribution in [0.5, 0.6) is 0 Å². The van der Waals surface area contributed by atoms with Crippen LogP contribution in [0.2, 0.25) is 0 Å². The number of hydrogen-bond acceptors (Lipinski definition) is 8. The number of rotatable bonds is 80. The largest absolute Gasteiger partial charge is 0.472 e. The van der Waals surface area contributed by atoms with Crippen LogP contribution in [0, 0.1) is 0 Å². The Hall–Kier alpha value is -1.25. The average molecular weight is 1310 g/mol. The van der Waals surface area contributed by atoms with E-state index < -0.39 is 26.5 Å². The van der Waals surface area contributed by atoms with Crippen molar-refractivity contribution in [2.45, 2.75) is 469 Å². The first-order valence-electron chi connectivity index (χ1n) is 41.2. The monoisotopic (exact) mass is 1310 g/mol. The summed E-state index contributed by atoms with van der Waals surface area (Å²) < 4.78 is 33.3. The third-order valence-electron chi connectivity index (χ3n) is 19.2. The molecule has 0 radical (unpaired) electrons. The normalized spacial score (nSPS) is 12.8. The summed E-state index contributed by atoms with van der Waals surface area (Å²) in [5, 5.41) is 0. The fourth-order valence-corrected chi connectivity index (χ4v) is 13.8. The summed E-state index contributed by atoms with van der Waals surface area (Å²) in [5.41, 5.74) is 5.42. The lowest BCUT2D eigenvalue weighted by molar-refractivity contribution is -0.161. The smallest absolute Gasteiger partial charge is 0.462 e. The fraction of sp³-hybridized carbons (Fsp3) is 0.951.